The topological polar surface area (TPSA) is 60.5 Å². The molecule has 0 atom stereocenters. The van der Waals surface area contributed by atoms with E-state index in [1.165, 1.54) is 0 Å². The van der Waals surface area contributed by atoms with Crippen molar-refractivity contribution in [2.45, 2.75) is 32.9 Å². The molecule has 100 valence electrons. The maximum atomic E-state index is 11.4. The Morgan fingerprint density at radius 3 is 2.72 bits per heavy atom. The lowest BCUT2D eigenvalue weighted by atomic mass is 10.2. The molecule has 18 heavy (non-hydrogen) atoms. The Bertz CT molecular complexity index is 399. The SMILES string of the molecule is COc1cccc(CNCC(=O)OC(C)(C)C)n1. The van der Waals surface area contributed by atoms with Gasteiger partial charge >= 0.3 is 5.97 Å². The Morgan fingerprint density at radius 1 is 1.39 bits per heavy atom. The van der Waals surface area contributed by atoms with Crippen LogP contribution in [0.4, 0.5) is 0 Å². The fraction of sp³-hybridized carbons (Fsp3) is 0.538. The summed E-state index contributed by atoms with van der Waals surface area (Å²) in [6.45, 7) is 6.18. The molecule has 0 spiro atoms. The van der Waals surface area contributed by atoms with Gasteiger partial charge in [-0.2, -0.15) is 0 Å². The van der Waals surface area contributed by atoms with Crippen molar-refractivity contribution < 1.29 is 14.3 Å². The summed E-state index contributed by atoms with van der Waals surface area (Å²) in [5.74, 6) is 0.289. The van der Waals surface area contributed by atoms with Gasteiger partial charge in [0.1, 0.15) is 5.60 Å². The summed E-state index contributed by atoms with van der Waals surface area (Å²) in [4.78, 5) is 15.7. The van der Waals surface area contributed by atoms with Crippen LogP contribution in [0.1, 0.15) is 26.5 Å². The van der Waals surface area contributed by atoms with E-state index in [9.17, 15) is 4.79 Å². The van der Waals surface area contributed by atoms with Gasteiger partial charge in [0, 0.05) is 12.6 Å². The van der Waals surface area contributed by atoms with Gasteiger partial charge in [-0.3, -0.25) is 4.79 Å². The zero-order chi connectivity index (χ0) is 13.6. The van der Waals surface area contributed by atoms with E-state index in [-0.39, 0.29) is 12.5 Å². The van der Waals surface area contributed by atoms with Crippen LogP contribution in [0.2, 0.25) is 0 Å². The van der Waals surface area contributed by atoms with Gasteiger partial charge in [0.05, 0.1) is 19.3 Å². The van der Waals surface area contributed by atoms with Gasteiger partial charge in [-0.1, -0.05) is 6.07 Å². The van der Waals surface area contributed by atoms with Gasteiger partial charge in [0.25, 0.3) is 0 Å². The van der Waals surface area contributed by atoms with E-state index in [1.54, 1.807) is 13.2 Å². The molecule has 1 rings (SSSR count). The monoisotopic (exact) mass is 252 g/mol. The first kappa shape index (κ1) is 14.4. The average molecular weight is 252 g/mol. The predicted molar refractivity (Wildman–Crippen MR) is 68.3 cm³/mol. The molecule has 0 amide bonds. The van der Waals surface area contributed by atoms with Crippen molar-refractivity contribution in [3.8, 4) is 5.88 Å². The minimum Gasteiger partial charge on any atom is -0.481 e. The summed E-state index contributed by atoms with van der Waals surface area (Å²) in [5, 5.41) is 2.98. The fourth-order valence-electron chi connectivity index (χ4n) is 1.34. The Balaban J connectivity index is 2.35. The van der Waals surface area contributed by atoms with Crippen LogP contribution in [-0.2, 0) is 16.1 Å². The van der Waals surface area contributed by atoms with Crippen LogP contribution < -0.4 is 10.1 Å². The van der Waals surface area contributed by atoms with Crippen LogP contribution in [0.25, 0.3) is 0 Å². The summed E-state index contributed by atoms with van der Waals surface area (Å²) >= 11 is 0. The van der Waals surface area contributed by atoms with Crippen molar-refractivity contribution in [3.05, 3.63) is 23.9 Å². The number of carbonyl (C=O) groups excluding carboxylic acids is 1. The molecule has 0 aliphatic rings. The highest BCUT2D eigenvalue weighted by Crippen LogP contribution is 2.07. The number of methoxy groups -OCH3 is 1. The Labute approximate surface area is 108 Å². The molecular formula is C13H20N2O3. The van der Waals surface area contributed by atoms with Crippen LogP contribution in [0, 0.1) is 0 Å². The second-order valence-electron chi connectivity index (χ2n) is 4.86. The quantitative estimate of drug-likeness (QED) is 0.805. The molecular weight excluding hydrogens is 232 g/mol. The van der Waals surface area contributed by atoms with Crippen molar-refractivity contribution in [3.63, 3.8) is 0 Å². The molecule has 1 N–H and O–H groups in total. The van der Waals surface area contributed by atoms with E-state index in [4.69, 9.17) is 9.47 Å². The molecule has 0 saturated heterocycles. The summed E-state index contributed by atoms with van der Waals surface area (Å²) in [7, 11) is 1.57. The molecule has 5 heteroatoms. The van der Waals surface area contributed by atoms with Crippen molar-refractivity contribution in [1.82, 2.24) is 10.3 Å². The first-order valence-corrected chi connectivity index (χ1v) is 5.83. The molecule has 0 saturated carbocycles. The van der Waals surface area contributed by atoms with Gasteiger partial charge in [0.15, 0.2) is 0 Å². The van der Waals surface area contributed by atoms with Crippen molar-refractivity contribution >= 4 is 5.97 Å². The average Bonchev–Trinajstić information content (AvgIpc) is 2.27. The molecule has 1 heterocycles. The number of hydrogen-bond acceptors (Lipinski definition) is 5. The van der Waals surface area contributed by atoms with Crippen LogP contribution in [-0.4, -0.2) is 30.2 Å². The van der Waals surface area contributed by atoms with Gasteiger partial charge in [-0.05, 0) is 26.8 Å². The third-order valence-electron chi connectivity index (χ3n) is 1.99. The minimum absolute atomic E-state index is 0.163. The molecule has 0 aromatic carbocycles. The first-order valence-electron chi connectivity index (χ1n) is 5.83. The highest BCUT2D eigenvalue weighted by molar-refractivity contribution is 5.72. The molecule has 0 aliphatic heterocycles. The van der Waals surface area contributed by atoms with E-state index in [0.29, 0.717) is 12.4 Å². The van der Waals surface area contributed by atoms with Crippen LogP contribution in [0.5, 0.6) is 5.88 Å². The molecule has 0 unspecified atom stereocenters. The largest absolute Gasteiger partial charge is 0.481 e. The summed E-state index contributed by atoms with van der Waals surface area (Å²) in [5.41, 5.74) is 0.366. The zero-order valence-electron chi connectivity index (χ0n) is 11.3. The number of pyridine rings is 1. The van der Waals surface area contributed by atoms with Gasteiger partial charge in [-0.15, -0.1) is 0 Å². The van der Waals surface area contributed by atoms with E-state index < -0.39 is 5.60 Å². The Kier molecular flexibility index (Phi) is 5.09. The van der Waals surface area contributed by atoms with E-state index in [2.05, 4.69) is 10.3 Å². The predicted octanol–water partition coefficient (Wildman–Crippen LogP) is 1.52. The van der Waals surface area contributed by atoms with Gasteiger partial charge < -0.3 is 14.8 Å². The number of hydrogen-bond donors (Lipinski definition) is 1. The molecule has 1 aromatic heterocycles. The van der Waals surface area contributed by atoms with E-state index >= 15 is 0 Å². The van der Waals surface area contributed by atoms with E-state index in [1.807, 2.05) is 32.9 Å². The third kappa shape index (κ3) is 5.63. The lowest BCUT2D eigenvalue weighted by Gasteiger charge is -2.19. The highest BCUT2D eigenvalue weighted by atomic mass is 16.6. The molecule has 0 fully saturated rings. The van der Waals surface area contributed by atoms with Gasteiger partial charge in [-0.25, -0.2) is 4.98 Å². The lowest BCUT2D eigenvalue weighted by molar-refractivity contribution is -0.153. The third-order valence-corrected chi connectivity index (χ3v) is 1.99. The summed E-state index contributed by atoms with van der Waals surface area (Å²) < 4.78 is 10.2. The molecule has 0 bridgehead atoms. The molecule has 0 radical (unpaired) electrons. The van der Waals surface area contributed by atoms with E-state index in [0.717, 1.165) is 5.69 Å². The summed E-state index contributed by atoms with van der Waals surface area (Å²) in [6, 6.07) is 5.50. The minimum atomic E-state index is -0.451. The zero-order valence-corrected chi connectivity index (χ0v) is 11.3. The number of nitrogens with one attached hydrogen (secondary N) is 1. The Hall–Kier alpha value is -1.62. The number of aromatic nitrogens is 1. The first-order chi connectivity index (χ1) is 8.40. The number of rotatable bonds is 5. The molecule has 1 aromatic rings. The maximum absolute atomic E-state index is 11.4. The number of ether oxygens (including phenoxy) is 2. The molecule has 0 aliphatic carbocycles. The second kappa shape index (κ2) is 6.35. The number of carbonyl (C=O) groups is 1. The molecule has 5 nitrogen and oxygen atoms in total. The fourth-order valence-corrected chi connectivity index (χ4v) is 1.34. The maximum Gasteiger partial charge on any atom is 0.320 e. The number of nitrogens with zero attached hydrogens (tertiary/aromatic N) is 1. The van der Waals surface area contributed by atoms with Gasteiger partial charge in [0.2, 0.25) is 5.88 Å². The lowest BCUT2D eigenvalue weighted by Crippen LogP contribution is -2.31. The van der Waals surface area contributed by atoms with Crippen molar-refractivity contribution in [2.75, 3.05) is 13.7 Å². The normalized spacial score (nSPS) is 11.1. The van der Waals surface area contributed by atoms with Crippen LogP contribution in [0.15, 0.2) is 18.2 Å². The van der Waals surface area contributed by atoms with Crippen molar-refractivity contribution in [2.24, 2.45) is 0 Å². The van der Waals surface area contributed by atoms with Crippen LogP contribution in [0.3, 0.4) is 0 Å². The standard InChI is InChI=1S/C13H20N2O3/c1-13(2,3)18-12(16)9-14-8-10-6-5-7-11(15-10)17-4/h5-7,14H,8-9H2,1-4H3. The summed E-state index contributed by atoms with van der Waals surface area (Å²) in [6.07, 6.45) is 0. The highest BCUT2D eigenvalue weighted by Gasteiger charge is 2.15. The smallest absolute Gasteiger partial charge is 0.320 e. The second-order valence-corrected chi connectivity index (χ2v) is 4.86. The number of esters is 1. The van der Waals surface area contributed by atoms with Crippen molar-refractivity contribution in [1.29, 1.82) is 0 Å². The Morgan fingerprint density at radius 2 is 2.11 bits per heavy atom. The van der Waals surface area contributed by atoms with Crippen LogP contribution >= 0.6 is 0 Å².